The predicted molar refractivity (Wildman–Crippen MR) is 72.8 cm³/mol. The molecule has 0 radical (unpaired) electrons. The Bertz CT molecular complexity index is 687. The molecule has 1 aromatic heterocycles. The van der Waals surface area contributed by atoms with Gasteiger partial charge in [-0.25, -0.2) is 9.97 Å². The SMILES string of the molecule is COc1ccc(Oc2cnc(C(=N)N)cn2)c([N+](=O)[O-])c1. The van der Waals surface area contributed by atoms with E-state index in [0.29, 0.717) is 5.75 Å². The molecule has 0 aliphatic carbocycles. The van der Waals surface area contributed by atoms with Crippen LogP contribution in [0.2, 0.25) is 0 Å². The summed E-state index contributed by atoms with van der Waals surface area (Å²) in [6.07, 6.45) is 2.47. The molecule has 0 amide bonds. The maximum Gasteiger partial charge on any atom is 0.315 e. The summed E-state index contributed by atoms with van der Waals surface area (Å²) in [5, 5.41) is 18.2. The van der Waals surface area contributed by atoms with E-state index in [-0.39, 0.29) is 28.8 Å². The molecule has 108 valence electrons. The smallest absolute Gasteiger partial charge is 0.315 e. The summed E-state index contributed by atoms with van der Waals surface area (Å²) in [5.74, 6) is 0.162. The first-order valence-corrected chi connectivity index (χ1v) is 5.68. The van der Waals surface area contributed by atoms with Gasteiger partial charge in [0.25, 0.3) is 0 Å². The molecule has 9 nitrogen and oxygen atoms in total. The Hall–Kier alpha value is -3.23. The van der Waals surface area contributed by atoms with Crippen LogP contribution in [-0.2, 0) is 0 Å². The maximum atomic E-state index is 11.0. The Morgan fingerprint density at radius 3 is 2.67 bits per heavy atom. The van der Waals surface area contributed by atoms with Gasteiger partial charge in [0.2, 0.25) is 11.6 Å². The fourth-order valence-corrected chi connectivity index (χ4v) is 1.47. The Morgan fingerprint density at radius 1 is 1.38 bits per heavy atom. The number of nitrogens with one attached hydrogen (secondary N) is 1. The van der Waals surface area contributed by atoms with Gasteiger partial charge >= 0.3 is 5.69 Å². The number of aromatic nitrogens is 2. The van der Waals surface area contributed by atoms with Crippen molar-refractivity contribution in [2.75, 3.05) is 7.11 Å². The van der Waals surface area contributed by atoms with Crippen LogP contribution < -0.4 is 15.2 Å². The summed E-state index contributed by atoms with van der Waals surface area (Å²) < 4.78 is 10.2. The minimum Gasteiger partial charge on any atom is -0.496 e. The van der Waals surface area contributed by atoms with E-state index in [4.69, 9.17) is 20.6 Å². The van der Waals surface area contributed by atoms with E-state index in [1.54, 1.807) is 0 Å². The number of methoxy groups -OCH3 is 1. The maximum absolute atomic E-state index is 11.0. The van der Waals surface area contributed by atoms with E-state index < -0.39 is 4.92 Å². The molecule has 0 saturated heterocycles. The van der Waals surface area contributed by atoms with Gasteiger partial charge in [-0.15, -0.1) is 0 Å². The molecule has 1 heterocycles. The summed E-state index contributed by atoms with van der Waals surface area (Å²) in [7, 11) is 1.41. The highest BCUT2D eigenvalue weighted by atomic mass is 16.6. The van der Waals surface area contributed by atoms with Gasteiger partial charge in [0, 0.05) is 0 Å². The molecule has 2 rings (SSSR count). The van der Waals surface area contributed by atoms with Crippen molar-refractivity contribution < 1.29 is 14.4 Å². The van der Waals surface area contributed by atoms with E-state index in [1.165, 1.54) is 37.7 Å². The lowest BCUT2D eigenvalue weighted by Gasteiger charge is -2.07. The molecule has 0 bridgehead atoms. The minimum absolute atomic E-state index is 0.00525. The van der Waals surface area contributed by atoms with E-state index in [0.717, 1.165) is 0 Å². The number of nitrogens with zero attached hydrogens (tertiary/aromatic N) is 3. The van der Waals surface area contributed by atoms with E-state index in [9.17, 15) is 10.1 Å². The number of nitrogens with two attached hydrogens (primary N) is 1. The molecule has 0 aliphatic heterocycles. The summed E-state index contributed by atoms with van der Waals surface area (Å²) in [6, 6.07) is 4.17. The molecule has 0 fully saturated rings. The highest BCUT2D eigenvalue weighted by Crippen LogP contribution is 2.33. The van der Waals surface area contributed by atoms with E-state index in [2.05, 4.69) is 9.97 Å². The molecule has 0 unspecified atom stereocenters. The van der Waals surface area contributed by atoms with Gasteiger partial charge in [0.05, 0.1) is 30.5 Å². The molecule has 0 saturated carbocycles. The van der Waals surface area contributed by atoms with Gasteiger partial charge < -0.3 is 15.2 Å². The quantitative estimate of drug-likeness (QED) is 0.368. The van der Waals surface area contributed by atoms with Crippen LogP contribution in [0.5, 0.6) is 17.4 Å². The zero-order valence-electron chi connectivity index (χ0n) is 10.9. The van der Waals surface area contributed by atoms with E-state index >= 15 is 0 Å². The largest absolute Gasteiger partial charge is 0.496 e. The highest BCUT2D eigenvalue weighted by Gasteiger charge is 2.18. The fourth-order valence-electron chi connectivity index (χ4n) is 1.47. The average molecular weight is 289 g/mol. The lowest BCUT2D eigenvalue weighted by molar-refractivity contribution is -0.385. The van der Waals surface area contributed by atoms with Crippen LogP contribution in [0, 0.1) is 15.5 Å². The number of nitro groups is 1. The summed E-state index contributed by atoms with van der Waals surface area (Å²) in [4.78, 5) is 18.2. The molecule has 2 aromatic rings. The Morgan fingerprint density at radius 2 is 2.14 bits per heavy atom. The first kappa shape index (κ1) is 14.2. The third-order valence-electron chi connectivity index (χ3n) is 2.48. The van der Waals surface area contributed by atoms with Crippen LogP contribution in [0.3, 0.4) is 0 Å². The number of hydrogen-bond donors (Lipinski definition) is 2. The molecule has 3 N–H and O–H groups in total. The van der Waals surface area contributed by atoms with Gasteiger partial charge in [-0.1, -0.05) is 0 Å². The van der Waals surface area contributed by atoms with Crippen LogP contribution in [0.15, 0.2) is 30.6 Å². The monoisotopic (exact) mass is 289 g/mol. The molecular formula is C12H11N5O4. The molecule has 1 aromatic carbocycles. The molecule has 9 heteroatoms. The molecule has 0 spiro atoms. The first-order chi connectivity index (χ1) is 10.0. The zero-order valence-corrected chi connectivity index (χ0v) is 10.9. The van der Waals surface area contributed by atoms with Crippen molar-refractivity contribution in [1.29, 1.82) is 5.41 Å². The lowest BCUT2D eigenvalue weighted by Crippen LogP contribution is -2.13. The second-order valence-corrected chi connectivity index (χ2v) is 3.85. The Kier molecular flexibility index (Phi) is 3.93. The zero-order chi connectivity index (χ0) is 15.4. The number of ether oxygens (including phenoxy) is 2. The van der Waals surface area contributed by atoms with Crippen molar-refractivity contribution in [3.05, 3.63) is 46.4 Å². The summed E-state index contributed by atoms with van der Waals surface area (Å²) >= 11 is 0. The number of benzene rings is 1. The van der Waals surface area contributed by atoms with Crippen LogP contribution in [-0.4, -0.2) is 27.8 Å². The number of rotatable bonds is 5. The van der Waals surface area contributed by atoms with Gasteiger partial charge in [0.1, 0.15) is 17.3 Å². The number of nitrogen functional groups attached to an aromatic ring is 1. The van der Waals surface area contributed by atoms with Crippen molar-refractivity contribution in [3.8, 4) is 17.4 Å². The second kappa shape index (κ2) is 5.82. The minimum atomic E-state index is -0.588. The van der Waals surface area contributed by atoms with Gasteiger partial charge in [-0.3, -0.25) is 15.5 Å². The third kappa shape index (κ3) is 3.21. The third-order valence-corrected chi connectivity index (χ3v) is 2.48. The molecular weight excluding hydrogens is 278 g/mol. The second-order valence-electron chi connectivity index (χ2n) is 3.85. The normalized spacial score (nSPS) is 9.95. The van der Waals surface area contributed by atoms with Gasteiger partial charge in [-0.05, 0) is 12.1 Å². The van der Waals surface area contributed by atoms with Gasteiger partial charge in [-0.2, -0.15) is 0 Å². The number of amidine groups is 1. The van der Waals surface area contributed by atoms with Crippen molar-refractivity contribution in [2.45, 2.75) is 0 Å². The van der Waals surface area contributed by atoms with Crippen LogP contribution in [0.25, 0.3) is 0 Å². The van der Waals surface area contributed by atoms with Crippen molar-refractivity contribution in [2.24, 2.45) is 5.73 Å². The fraction of sp³-hybridized carbons (Fsp3) is 0.0833. The van der Waals surface area contributed by atoms with Crippen molar-refractivity contribution >= 4 is 11.5 Å². The Labute approximate surface area is 119 Å². The summed E-state index contributed by atoms with van der Waals surface area (Å²) in [5.41, 5.74) is 5.18. The van der Waals surface area contributed by atoms with Crippen LogP contribution in [0.1, 0.15) is 5.69 Å². The van der Waals surface area contributed by atoms with Gasteiger partial charge in [0.15, 0.2) is 0 Å². The lowest BCUT2D eigenvalue weighted by atomic mass is 10.3. The predicted octanol–water partition coefficient (Wildman–Crippen LogP) is 1.47. The number of nitro benzene ring substituents is 1. The van der Waals surface area contributed by atoms with Crippen molar-refractivity contribution in [1.82, 2.24) is 9.97 Å². The average Bonchev–Trinajstić information content (AvgIpc) is 2.48. The topological polar surface area (TPSA) is 137 Å². The molecule has 21 heavy (non-hydrogen) atoms. The van der Waals surface area contributed by atoms with Crippen LogP contribution in [0.4, 0.5) is 5.69 Å². The summed E-state index contributed by atoms with van der Waals surface area (Å²) in [6.45, 7) is 0. The first-order valence-electron chi connectivity index (χ1n) is 5.68. The molecule has 0 atom stereocenters. The molecule has 0 aliphatic rings. The number of hydrogen-bond acceptors (Lipinski definition) is 7. The highest BCUT2D eigenvalue weighted by molar-refractivity contribution is 5.92. The van der Waals surface area contributed by atoms with E-state index in [1.807, 2.05) is 0 Å². The standard InChI is InChI=1S/C12H11N5O4/c1-20-7-2-3-10(9(4-7)17(18)19)21-11-6-15-8(5-16-11)12(13)14/h2-6H,1H3,(H3,13,14). The van der Waals surface area contributed by atoms with Crippen LogP contribution >= 0.6 is 0 Å². The Balaban J connectivity index is 2.30. The van der Waals surface area contributed by atoms with Crippen molar-refractivity contribution in [3.63, 3.8) is 0 Å².